The number of ether oxygens (including phenoxy) is 1. The SMILES string of the molecule is CC(C)N(CC(N)=O)CC(=O)NCCOc1cccc(Cl)c1. The normalized spacial score (nSPS) is 10.8. The lowest BCUT2D eigenvalue weighted by atomic mass is 10.3. The number of halogens is 1. The Morgan fingerprint density at radius 2 is 2.09 bits per heavy atom. The van der Waals surface area contributed by atoms with Crippen molar-refractivity contribution in [1.29, 1.82) is 0 Å². The third-order valence-corrected chi connectivity index (χ3v) is 3.16. The molecule has 0 saturated carbocycles. The van der Waals surface area contributed by atoms with Gasteiger partial charge in [0.25, 0.3) is 0 Å². The van der Waals surface area contributed by atoms with Gasteiger partial charge in [-0.3, -0.25) is 14.5 Å². The van der Waals surface area contributed by atoms with Crippen molar-refractivity contribution < 1.29 is 14.3 Å². The predicted octanol–water partition coefficient (Wildman–Crippen LogP) is 1.03. The minimum Gasteiger partial charge on any atom is -0.492 e. The van der Waals surface area contributed by atoms with Gasteiger partial charge >= 0.3 is 0 Å². The number of benzene rings is 1. The first-order valence-electron chi connectivity index (χ1n) is 7.06. The van der Waals surface area contributed by atoms with Gasteiger partial charge in [-0.2, -0.15) is 0 Å². The summed E-state index contributed by atoms with van der Waals surface area (Å²) in [6, 6.07) is 7.11. The molecule has 0 aromatic heterocycles. The van der Waals surface area contributed by atoms with Gasteiger partial charge in [0.15, 0.2) is 0 Å². The van der Waals surface area contributed by atoms with E-state index in [-0.39, 0.29) is 25.0 Å². The minimum atomic E-state index is -0.453. The molecule has 0 bridgehead atoms. The van der Waals surface area contributed by atoms with Crippen LogP contribution in [-0.2, 0) is 9.59 Å². The van der Waals surface area contributed by atoms with Crippen molar-refractivity contribution in [2.24, 2.45) is 5.73 Å². The molecule has 0 radical (unpaired) electrons. The molecule has 0 aliphatic heterocycles. The lowest BCUT2D eigenvalue weighted by Gasteiger charge is -2.24. The molecule has 2 amide bonds. The highest BCUT2D eigenvalue weighted by Gasteiger charge is 2.15. The van der Waals surface area contributed by atoms with E-state index in [1.165, 1.54) is 0 Å². The molecule has 0 saturated heterocycles. The number of primary amides is 1. The maximum Gasteiger partial charge on any atom is 0.234 e. The van der Waals surface area contributed by atoms with Gasteiger partial charge in [0.2, 0.25) is 11.8 Å². The molecule has 0 unspecified atom stereocenters. The number of hydrogen-bond acceptors (Lipinski definition) is 4. The van der Waals surface area contributed by atoms with E-state index in [1.807, 2.05) is 13.8 Å². The molecule has 0 aliphatic carbocycles. The van der Waals surface area contributed by atoms with Gasteiger partial charge in [-0.15, -0.1) is 0 Å². The average Bonchev–Trinajstić information content (AvgIpc) is 2.42. The van der Waals surface area contributed by atoms with Crippen LogP contribution in [-0.4, -0.2) is 49.0 Å². The smallest absolute Gasteiger partial charge is 0.234 e. The van der Waals surface area contributed by atoms with Crippen molar-refractivity contribution in [1.82, 2.24) is 10.2 Å². The largest absolute Gasteiger partial charge is 0.492 e. The van der Waals surface area contributed by atoms with Crippen molar-refractivity contribution in [3.63, 3.8) is 0 Å². The molecule has 7 heteroatoms. The summed E-state index contributed by atoms with van der Waals surface area (Å²) in [5.41, 5.74) is 5.16. The Bertz CT molecular complexity index is 509. The first-order valence-corrected chi connectivity index (χ1v) is 7.43. The summed E-state index contributed by atoms with van der Waals surface area (Å²) in [5, 5.41) is 3.33. The zero-order valence-electron chi connectivity index (χ0n) is 12.8. The lowest BCUT2D eigenvalue weighted by molar-refractivity contribution is -0.124. The Kier molecular flexibility index (Phi) is 7.70. The topological polar surface area (TPSA) is 84.7 Å². The van der Waals surface area contributed by atoms with Gasteiger partial charge in [0.05, 0.1) is 19.6 Å². The number of carbonyl (C=O) groups excluding carboxylic acids is 2. The summed E-state index contributed by atoms with van der Waals surface area (Å²) in [7, 11) is 0. The van der Waals surface area contributed by atoms with Gasteiger partial charge < -0.3 is 15.8 Å². The Balaban J connectivity index is 2.29. The van der Waals surface area contributed by atoms with E-state index in [0.29, 0.717) is 23.9 Å². The molecule has 0 aliphatic rings. The number of nitrogens with zero attached hydrogens (tertiary/aromatic N) is 1. The Labute approximate surface area is 135 Å². The Morgan fingerprint density at radius 3 is 2.68 bits per heavy atom. The van der Waals surface area contributed by atoms with E-state index in [1.54, 1.807) is 29.2 Å². The van der Waals surface area contributed by atoms with E-state index in [9.17, 15) is 9.59 Å². The predicted molar refractivity (Wildman–Crippen MR) is 85.9 cm³/mol. The van der Waals surface area contributed by atoms with E-state index in [0.717, 1.165) is 0 Å². The molecule has 0 spiro atoms. The number of nitrogens with two attached hydrogens (primary N) is 1. The summed E-state index contributed by atoms with van der Waals surface area (Å²) >= 11 is 5.84. The van der Waals surface area contributed by atoms with Gasteiger partial charge in [0, 0.05) is 11.1 Å². The standard InChI is InChI=1S/C15H22ClN3O3/c1-11(2)19(9-14(17)20)10-15(21)18-6-7-22-13-5-3-4-12(16)8-13/h3-5,8,11H,6-7,9-10H2,1-2H3,(H2,17,20)(H,18,21). The molecule has 1 rings (SSSR count). The third-order valence-electron chi connectivity index (χ3n) is 2.92. The number of rotatable bonds is 9. The van der Waals surface area contributed by atoms with Crippen molar-refractivity contribution >= 4 is 23.4 Å². The van der Waals surface area contributed by atoms with Crippen molar-refractivity contribution in [3.05, 3.63) is 29.3 Å². The van der Waals surface area contributed by atoms with E-state index < -0.39 is 5.91 Å². The quantitative estimate of drug-likeness (QED) is 0.663. The average molecular weight is 328 g/mol. The van der Waals surface area contributed by atoms with Gasteiger partial charge in [-0.05, 0) is 32.0 Å². The maximum absolute atomic E-state index is 11.8. The zero-order valence-corrected chi connectivity index (χ0v) is 13.6. The van der Waals surface area contributed by atoms with Crippen LogP contribution in [0.15, 0.2) is 24.3 Å². The van der Waals surface area contributed by atoms with Crippen LogP contribution in [0.4, 0.5) is 0 Å². The van der Waals surface area contributed by atoms with Gasteiger partial charge in [-0.1, -0.05) is 17.7 Å². The van der Waals surface area contributed by atoms with Crippen LogP contribution in [0.1, 0.15) is 13.8 Å². The number of nitrogens with one attached hydrogen (secondary N) is 1. The van der Waals surface area contributed by atoms with Crippen LogP contribution >= 0.6 is 11.6 Å². The second-order valence-electron chi connectivity index (χ2n) is 5.12. The van der Waals surface area contributed by atoms with Crippen LogP contribution in [0.5, 0.6) is 5.75 Å². The summed E-state index contributed by atoms with van der Waals surface area (Å²) < 4.78 is 5.47. The molecule has 22 heavy (non-hydrogen) atoms. The molecular weight excluding hydrogens is 306 g/mol. The minimum absolute atomic E-state index is 0.0564. The Morgan fingerprint density at radius 1 is 1.36 bits per heavy atom. The monoisotopic (exact) mass is 327 g/mol. The highest BCUT2D eigenvalue weighted by Crippen LogP contribution is 2.16. The first kappa shape index (κ1) is 18.3. The second-order valence-corrected chi connectivity index (χ2v) is 5.56. The second kappa shape index (κ2) is 9.27. The summed E-state index contributed by atoms with van der Waals surface area (Å²) in [4.78, 5) is 24.5. The molecule has 3 N–H and O–H groups in total. The van der Waals surface area contributed by atoms with Crippen LogP contribution in [0.3, 0.4) is 0 Å². The molecule has 0 fully saturated rings. The van der Waals surface area contributed by atoms with E-state index in [4.69, 9.17) is 22.1 Å². The van der Waals surface area contributed by atoms with Crippen LogP contribution < -0.4 is 15.8 Å². The molecule has 122 valence electrons. The highest BCUT2D eigenvalue weighted by molar-refractivity contribution is 6.30. The fourth-order valence-electron chi connectivity index (χ4n) is 1.78. The zero-order chi connectivity index (χ0) is 16.5. The number of hydrogen-bond donors (Lipinski definition) is 2. The first-order chi connectivity index (χ1) is 10.4. The van der Waals surface area contributed by atoms with Crippen molar-refractivity contribution in [3.8, 4) is 5.75 Å². The third kappa shape index (κ3) is 7.28. The fraction of sp³-hybridized carbons (Fsp3) is 0.467. The molecule has 6 nitrogen and oxygen atoms in total. The Hall–Kier alpha value is -1.79. The molecule has 0 heterocycles. The van der Waals surface area contributed by atoms with Crippen LogP contribution in [0.2, 0.25) is 5.02 Å². The highest BCUT2D eigenvalue weighted by atomic mass is 35.5. The van der Waals surface area contributed by atoms with Crippen LogP contribution in [0, 0.1) is 0 Å². The van der Waals surface area contributed by atoms with E-state index in [2.05, 4.69) is 5.32 Å². The molecule has 1 aromatic rings. The molecular formula is C15H22ClN3O3. The van der Waals surface area contributed by atoms with Crippen LogP contribution in [0.25, 0.3) is 0 Å². The lowest BCUT2D eigenvalue weighted by Crippen LogP contribution is -2.45. The van der Waals surface area contributed by atoms with Crippen molar-refractivity contribution in [2.75, 3.05) is 26.2 Å². The molecule has 1 aromatic carbocycles. The maximum atomic E-state index is 11.8. The van der Waals surface area contributed by atoms with E-state index >= 15 is 0 Å². The summed E-state index contributed by atoms with van der Waals surface area (Å²) in [6.45, 7) is 4.69. The fourth-order valence-corrected chi connectivity index (χ4v) is 1.96. The summed E-state index contributed by atoms with van der Waals surface area (Å²) in [5.74, 6) is 0.0229. The van der Waals surface area contributed by atoms with Crippen molar-refractivity contribution in [2.45, 2.75) is 19.9 Å². The number of carbonyl (C=O) groups is 2. The molecule has 0 atom stereocenters. The van der Waals surface area contributed by atoms with Gasteiger partial charge in [-0.25, -0.2) is 0 Å². The number of amides is 2. The van der Waals surface area contributed by atoms with Gasteiger partial charge in [0.1, 0.15) is 12.4 Å². The summed E-state index contributed by atoms with van der Waals surface area (Å²) in [6.07, 6.45) is 0.